The van der Waals surface area contributed by atoms with Gasteiger partial charge >= 0.3 is 0 Å². The molecule has 0 aliphatic heterocycles. The molecule has 8 aromatic carbocycles. The van der Waals surface area contributed by atoms with Crippen molar-refractivity contribution in [3.63, 3.8) is 0 Å². The van der Waals surface area contributed by atoms with Crippen molar-refractivity contribution in [3.8, 4) is 22.3 Å². The second-order valence-corrected chi connectivity index (χ2v) is 19.1. The van der Waals surface area contributed by atoms with Crippen molar-refractivity contribution < 1.29 is 0 Å². The molecule has 1 saturated carbocycles. The van der Waals surface area contributed by atoms with E-state index in [2.05, 4.69) is 263 Å². The molecular formula is C67H76. The third kappa shape index (κ3) is 11.8. The Morgan fingerprint density at radius 1 is 0.299 bits per heavy atom. The van der Waals surface area contributed by atoms with Gasteiger partial charge in [0.1, 0.15) is 0 Å². The van der Waals surface area contributed by atoms with E-state index in [1.807, 2.05) is 0 Å². The summed E-state index contributed by atoms with van der Waals surface area (Å²) in [5, 5.41) is 0. The van der Waals surface area contributed by atoms with E-state index in [1.165, 1.54) is 134 Å². The zero-order valence-electron chi connectivity index (χ0n) is 42.4. The van der Waals surface area contributed by atoms with Crippen molar-refractivity contribution in [2.75, 3.05) is 0 Å². The van der Waals surface area contributed by atoms with Gasteiger partial charge in [0, 0.05) is 5.41 Å². The third-order valence-corrected chi connectivity index (χ3v) is 13.3. The molecule has 0 saturated heterocycles. The molecule has 67 heavy (non-hydrogen) atoms. The summed E-state index contributed by atoms with van der Waals surface area (Å²) in [4.78, 5) is 0. The smallest absolute Gasteiger partial charge is 0.0656 e. The van der Waals surface area contributed by atoms with Crippen LogP contribution in [-0.2, 0) is 10.8 Å². The molecule has 1 fully saturated rings. The van der Waals surface area contributed by atoms with Gasteiger partial charge in [-0.25, -0.2) is 0 Å². The van der Waals surface area contributed by atoms with Crippen LogP contribution in [0.4, 0.5) is 0 Å². The average molecular weight is 881 g/mol. The molecule has 344 valence electrons. The summed E-state index contributed by atoms with van der Waals surface area (Å²) in [6, 6.07) is 71.6. The van der Waals surface area contributed by atoms with E-state index in [9.17, 15) is 0 Å². The van der Waals surface area contributed by atoms with Crippen molar-refractivity contribution in [1.82, 2.24) is 0 Å². The Balaban J connectivity index is 0.000000163. The molecule has 0 heterocycles. The predicted octanol–water partition coefficient (Wildman–Crippen LogP) is 19.0. The standard InChI is InChI=1S/C27H22.C20H24.C14H14.2C3H8/c1-19-11-15-21(16-12-19)27(22-17-13-20(2)14-18-22)25-9-5-3-7-23(25)24-8-4-6-10-26(24)27;1-16-6-10-18(11-7-16)20(14-4-3-5-15-20)19-12-8-17(2)9-13-19;1-11-3-7-13(8-4-11)14-9-5-12(2)6-10-14;2*1-3-2/h3-18H,1-2H3;6-13H,3-5,14-15H2,1-2H3;3-10H,1-2H3;2*3H2,1-2H3. The van der Waals surface area contributed by atoms with E-state index < -0.39 is 0 Å². The predicted molar refractivity (Wildman–Crippen MR) is 293 cm³/mol. The quantitative estimate of drug-likeness (QED) is 0.162. The summed E-state index contributed by atoms with van der Waals surface area (Å²) in [5.74, 6) is 0. The topological polar surface area (TPSA) is 0 Å². The first-order valence-corrected chi connectivity index (χ1v) is 25.1. The van der Waals surface area contributed by atoms with Crippen LogP contribution in [0.1, 0.15) is 139 Å². The largest absolute Gasteiger partial charge is 0.0713 e. The number of benzene rings is 8. The van der Waals surface area contributed by atoms with Crippen molar-refractivity contribution in [1.29, 1.82) is 0 Å². The van der Waals surface area contributed by atoms with Crippen LogP contribution in [0, 0.1) is 41.5 Å². The van der Waals surface area contributed by atoms with Crippen LogP contribution in [0.3, 0.4) is 0 Å². The van der Waals surface area contributed by atoms with Crippen LogP contribution in [-0.4, -0.2) is 0 Å². The molecular weight excluding hydrogens is 805 g/mol. The highest BCUT2D eigenvalue weighted by Crippen LogP contribution is 2.56. The number of aryl methyl sites for hydroxylation is 6. The molecule has 0 unspecified atom stereocenters. The molecule has 0 heteroatoms. The highest BCUT2D eigenvalue weighted by atomic mass is 14.5. The lowest BCUT2D eigenvalue weighted by Crippen LogP contribution is -2.30. The van der Waals surface area contributed by atoms with Gasteiger partial charge in [0.15, 0.2) is 0 Å². The van der Waals surface area contributed by atoms with Crippen LogP contribution in [0.5, 0.6) is 0 Å². The Hall–Kier alpha value is -6.24. The van der Waals surface area contributed by atoms with Gasteiger partial charge in [-0.1, -0.05) is 287 Å². The van der Waals surface area contributed by atoms with Gasteiger partial charge in [0.2, 0.25) is 0 Å². The Morgan fingerprint density at radius 2 is 0.552 bits per heavy atom. The van der Waals surface area contributed by atoms with Crippen molar-refractivity contribution in [2.24, 2.45) is 0 Å². The van der Waals surface area contributed by atoms with Crippen LogP contribution in [0.25, 0.3) is 22.3 Å². The lowest BCUT2D eigenvalue weighted by atomic mass is 9.65. The molecule has 0 spiro atoms. The van der Waals surface area contributed by atoms with Gasteiger partial charge in [-0.2, -0.15) is 0 Å². The highest BCUT2D eigenvalue weighted by Gasteiger charge is 2.45. The molecule has 2 aliphatic carbocycles. The zero-order chi connectivity index (χ0) is 47.8. The van der Waals surface area contributed by atoms with E-state index in [4.69, 9.17) is 0 Å². The Morgan fingerprint density at radius 3 is 0.851 bits per heavy atom. The number of hydrogen-bond acceptors (Lipinski definition) is 0. The van der Waals surface area contributed by atoms with Crippen molar-refractivity contribution in [2.45, 2.75) is 125 Å². The molecule has 0 nitrogen and oxygen atoms in total. The number of rotatable bonds is 5. The Labute approximate surface area is 406 Å². The minimum atomic E-state index is -0.269. The summed E-state index contributed by atoms with van der Waals surface area (Å²) in [7, 11) is 0. The van der Waals surface area contributed by atoms with E-state index in [-0.39, 0.29) is 10.8 Å². The monoisotopic (exact) mass is 881 g/mol. The molecule has 0 N–H and O–H groups in total. The van der Waals surface area contributed by atoms with Crippen LogP contribution in [0.15, 0.2) is 194 Å². The van der Waals surface area contributed by atoms with Gasteiger partial charge < -0.3 is 0 Å². The second-order valence-electron chi connectivity index (χ2n) is 19.1. The second kappa shape index (κ2) is 24.0. The molecule has 0 radical (unpaired) electrons. The SMILES string of the molecule is CCC.CCC.Cc1ccc(-c2ccc(C)cc2)cc1.Cc1ccc(C2(c3ccc(C)cc3)CCCCC2)cc1.Cc1ccc(C2(c3ccc(C)cc3)c3ccccc3-c3ccccc32)cc1. The summed E-state index contributed by atoms with van der Waals surface area (Å²) in [6.45, 7) is 21.4. The maximum atomic E-state index is 2.35. The molecule has 2 aliphatic rings. The fourth-order valence-electron chi connectivity index (χ4n) is 9.77. The van der Waals surface area contributed by atoms with E-state index in [0.29, 0.717) is 0 Å². The van der Waals surface area contributed by atoms with E-state index in [0.717, 1.165) is 0 Å². The Kier molecular flexibility index (Phi) is 18.0. The van der Waals surface area contributed by atoms with Crippen LogP contribution < -0.4 is 0 Å². The van der Waals surface area contributed by atoms with Gasteiger partial charge in [-0.3, -0.25) is 0 Å². The fraction of sp³-hybridized carbons (Fsp3) is 0.284. The van der Waals surface area contributed by atoms with Crippen molar-refractivity contribution >= 4 is 0 Å². The van der Waals surface area contributed by atoms with E-state index >= 15 is 0 Å². The summed E-state index contributed by atoms with van der Waals surface area (Å²) in [6.07, 6.45) is 9.17. The lowest BCUT2D eigenvalue weighted by molar-refractivity contribution is 0.346. The minimum absolute atomic E-state index is 0.250. The first-order valence-electron chi connectivity index (χ1n) is 25.1. The van der Waals surface area contributed by atoms with Gasteiger partial charge in [0.05, 0.1) is 5.41 Å². The summed E-state index contributed by atoms with van der Waals surface area (Å²) >= 11 is 0. The maximum Gasteiger partial charge on any atom is 0.0713 e. The first-order chi connectivity index (χ1) is 32.5. The molecule has 8 aromatic rings. The summed E-state index contributed by atoms with van der Waals surface area (Å²) in [5.41, 5.74) is 21.5. The van der Waals surface area contributed by atoms with Crippen molar-refractivity contribution in [3.05, 3.63) is 261 Å². The first kappa shape index (κ1) is 50.2. The molecule has 10 rings (SSSR count). The highest BCUT2D eigenvalue weighted by molar-refractivity contribution is 5.86. The molecule has 0 aromatic heterocycles. The normalized spacial score (nSPS) is 13.6. The van der Waals surface area contributed by atoms with Gasteiger partial charge in [-0.05, 0) is 110 Å². The zero-order valence-corrected chi connectivity index (χ0v) is 42.4. The average Bonchev–Trinajstić information content (AvgIpc) is 3.65. The van der Waals surface area contributed by atoms with Crippen LogP contribution >= 0.6 is 0 Å². The lowest BCUT2D eigenvalue weighted by Gasteiger charge is -2.38. The molecule has 0 atom stereocenters. The fourth-order valence-corrected chi connectivity index (χ4v) is 9.77. The van der Waals surface area contributed by atoms with Gasteiger partial charge in [-0.15, -0.1) is 0 Å². The van der Waals surface area contributed by atoms with Gasteiger partial charge in [0.25, 0.3) is 0 Å². The number of fused-ring (bicyclic) bond motifs is 3. The van der Waals surface area contributed by atoms with E-state index in [1.54, 1.807) is 0 Å². The molecule has 0 bridgehead atoms. The molecule has 0 amide bonds. The Bertz CT molecular complexity index is 2500. The summed E-state index contributed by atoms with van der Waals surface area (Å²) < 4.78 is 0. The van der Waals surface area contributed by atoms with Crippen LogP contribution in [0.2, 0.25) is 0 Å². The third-order valence-electron chi connectivity index (χ3n) is 13.3. The number of hydrogen-bond donors (Lipinski definition) is 0. The maximum absolute atomic E-state index is 2.35. The minimum Gasteiger partial charge on any atom is -0.0656 e.